The van der Waals surface area contributed by atoms with E-state index in [2.05, 4.69) is 6.92 Å². The van der Waals surface area contributed by atoms with Crippen LogP contribution in [0.4, 0.5) is 0 Å². The Morgan fingerprint density at radius 1 is 1.36 bits per heavy atom. The highest BCUT2D eigenvalue weighted by Gasteiger charge is 2.35. The molecular formula is C11H21NO2. The van der Waals surface area contributed by atoms with E-state index in [1.54, 1.807) is 0 Å². The molecule has 0 bridgehead atoms. The maximum absolute atomic E-state index is 9.49. The summed E-state index contributed by atoms with van der Waals surface area (Å²) in [7, 11) is 0. The van der Waals surface area contributed by atoms with Gasteiger partial charge in [-0.05, 0) is 37.5 Å². The molecule has 0 aromatic rings. The van der Waals surface area contributed by atoms with Crippen molar-refractivity contribution in [1.82, 2.24) is 0 Å². The molecule has 0 amide bonds. The van der Waals surface area contributed by atoms with Gasteiger partial charge in [0.15, 0.2) is 0 Å². The standard InChI is InChI=1S/C11H21NO2/c1-7(8-2-4-10(8)13)6-14-11-5-3-9(11)12/h7-11,13H,2-6,12H2,1H3/t7?,8-,9-,10+,11-/m1/s1. The zero-order valence-corrected chi connectivity index (χ0v) is 8.86. The molecule has 0 saturated heterocycles. The fourth-order valence-electron chi connectivity index (χ4n) is 2.27. The number of rotatable bonds is 4. The molecule has 3 N–H and O–H groups in total. The van der Waals surface area contributed by atoms with Crippen LogP contribution < -0.4 is 5.73 Å². The second-order valence-electron chi connectivity index (χ2n) is 4.90. The Morgan fingerprint density at radius 2 is 2.14 bits per heavy atom. The average molecular weight is 199 g/mol. The van der Waals surface area contributed by atoms with Gasteiger partial charge in [0.25, 0.3) is 0 Å². The van der Waals surface area contributed by atoms with Crippen molar-refractivity contribution in [3.63, 3.8) is 0 Å². The van der Waals surface area contributed by atoms with Gasteiger partial charge in [-0.1, -0.05) is 6.92 Å². The van der Waals surface area contributed by atoms with Gasteiger partial charge in [-0.15, -0.1) is 0 Å². The molecule has 3 nitrogen and oxygen atoms in total. The summed E-state index contributed by atoms with van der Waals surface area (Å²) >= 11 is 0. The van der Waals surface area contributed by atoms with Gasteiger partial charge in [-0.2, -0.15) is 0 Å². The predicted octanol–water partition coefficient (Wildman–Crippen LogP) is 0.900. The van der Waals surface area contributed by atoms with E-state index in [-0.39, 0.29) is 18.2 Å². The van der Waals surface area contributed by atoms with Crippen molar-refractivity contribution < 1.29 is 9.84 Å². The molecule has 0 aliphatic heterocycles. The third kappa shape index (κ3) is 1.95. The number of ether oxygens (including phenoxy) is 1. The van der Waals surface area contributed by atoms with E-state index < -0.39 is 0 Å². The van der Waals surface area contributed by atoms with E-state index in [4.69, 9.17) is 10.5 Å². The van der Waals surface area contributed by atoms with Crippen molar-refractivity contribution in [3.8, 4) is 0 Å². The lowest BCUT2D eigenvalue weighted by molar-refractivity contribution is -0.0706. The van der Waals surface area contributed by atoms with Crippen LogP contribution in [0.1, 0.15) is 32.6 Å². The molecule has 2 saturated carbocycles. The van der Waals surface area contributed by atoms with Crippen LogP contribution in [0.5, 0.6) is 0 Å². The molecule has 0 radical (unpaired) electrons. The second-order valence-corrected chi connectivity index (χ2v) is 4.90. The Kier molecular flexibility index (Phi) is 3.10. The van der Waals surface area contributed by atoms with Crippen molar-refractivity contribution in [3.05, 3.63) is 0 Å². The molecule has 14 heavy (non-hydrogen) atoms. The van der Waals surface area contributed by atoms with E-state index in [0.717, 1.165) is 32.3 Å². The first-order chi connectivity index (χ1) is 6.68. The lowest BCUT2D eigenvalue weighted by Crippen LogP contribution is -2.47. The van der Waals surface area contributed by atoms with Gasteiger partial charge >= 0.3 is 0 Å². The number of nitrogens with two attached hydrogens (primary N) is 1. The van der Waals surface area contributed by atoms with Crippen LogP contribution in [0.2, 0.25) is 0 Å². The minimum Gasteiger partial charge on any atom is -0.393 e. The Morgan fingerprint density at radius 3 is 2.50 bits per heavy atom. The first-order valence-corrected chi connectivity index (χ1v) is 5.73. The fraction of sp³-hybridized carbons (Fsp3) is 1.00. The molecule has 5 atom stereocenters. The topological polar surface area (TPSA) is 55.5 Å². The van der Waals surface area contributed by atoms with Crippen LogP contribution in [-0.2, 0) is 4.74 Å². The van der Waals surface area contributed by atoms with E-state index in [9.17, 15) is 5.11 Å². The van der Waals surface area contributed by atoms with Crippen molar-refractivity contribution >= 4 is 0 Å². The highest BCUT2D eigenvalue weighted by molar-refractivity contribution is 4.87. The largest absolute Gasteiger partial charge is 0.393 e. The summed E-state index contributed by atoms with van der Waals surface area (Å²) in [6.45, 7) is 2.93. The molecule has 0 spiro atoms. The van der Waals surface area contributed by atoms with Crippen LogP contribution in [0.25, 0.3) is 0 Å². The summed E-state index contributed by atoms with van der Waals surface area (Å²) in [5.74, 6) is 0.942. The average Bonchev–Trinajstić information content (AvgIpc) is 2.13. The number of aliphatic hydroxyl groups excluding tert-OH is 1. The van der Waals surface area contributed by atoms with Gasteiger partial charge in [0.05, 0.1) is 12.2 Å². The van der Waals surface area contributed by atoms with Crippen molar-refractivity contribution in [2.45, 2.75) is 50.9 Å². The van der Waals surface area contributed by atoms with Crippen molar-refractivity contribution in [1.29, 1.82) is 0 Å². The minimum absolute atomic E-state index is 0.0799. The molecule has 2 rings (SSSR count). The maximum Gasteiger partial charge on any atom is 0.0726 e. The smallest absolute Gasteiger partial charge is 0.0726 e. The second kappa shape index (κ2) is 4.17. The predicted molar refractivity (Wildman–Crippen MR) is 54.8 cm³/mol. The van der Waals surface area contributed by atoms with Gasteiger partial charge in [0, 0.05) is 12.6 Å². The molecule has 82 valence electrons. The Bertz CT molecular complexity index is 198. The molecule has 2 fully saturated rings. The fourth-order valence-corrected chi connectivity index (χ4v) is 2.27. The van der Waals surface area contributed by atoms with E-state index in [0.29, 0.717) is 11.8 Å². The maximum atomic E-state index is 9.49. The van der Waals surface area contributed by atoms with Gasteiger partial charge in [0.1, 0.15) is 0 Å². The quantitative estimate of drug-likeness (QED) is 0.707. The van der Waals surface area contributed by atoms with E-state index >= 15 is 0 Å². The number of aliphatic hydroxyl groups is 1. The summed E-state index contributed by atoms with van der Waals surface area (Å²) in [5.41, 5.74) is 5.78. The normalized spacial score (nSPS) is 43.9. The molecular weight excluding hydrogens is 178 g/mol. The Hall–Kier alpha value is -0.120. The summed E-state index contributed by atoms with van der Waals surface area (Å²) in [6.07, 6.45) is 4.55. The zero-order chi connectivity index (χ0) is 10.1. The van der Waals surface area contributed by atoms with Gasteiger partial charge in [-0.25, -0.2) is 0 Å². The number of hydrogen-bond acceptors (Lipinski definition) is 3. The zero-order valence-electron chi connectivity index (χ0n) is 8.86. The van der Waals surface area contributed by atoms with Crippen molar-refractivity contribution in [2.24, 2.45) is 17.6 Å². The Balaban J connectivity index is 1.64. The highest BCUT2D eigenvalue weighted by atomic mass is 16.5. The molecule has 3 heteroatoms. The molecule has 0 heterocycles. The van der Waals surface area contributed by atoms with Gasteiger partial charge in [0.2, 0.25) is 0 Å². The lowest BCUT2D eigenvalue weighted by Gasteiger charge is -2.39. The summed E-state index contributed by atoms with van der Waals surface area (Å²) in [4.78, 5) is 0. The monoisotopic (exact) mass is 199 g/mol. The van der Waals surface area contributed by atoms with Gasteiger partial charge in [-0.3, -0.25) is 0 Å². The third-order valence-electron chi connectivity index (χ3n) is 3.86. The Labute approximate surface area is 85.6 Å². The van der Waals surface area contributed by atoms with E-state index in [1.807, 2.05) is 0 Å². The van der Waals surface area contributed by atoms with Crippen molar-refractivity contribution in [2.75, 3.05) is 6.61 Å². The molecule has 2 aliphatic carbocycles. The molecule has 2 aliphatic rings. The first kappa shape index (κ1) is 10.4. The summed E-state index contributed by atoms with van der Waals surface area (Å²) in [6, 6.07) is 0.258. The van der Waals surface area contributed by atoms with Gasteiger partial charge < -0.3 is 15.6 Å². The first-order valence-electron chi connectivity index (χ1n) is 5.73. The van der Waals surface area contributed by atoms with Crippen LogP contribution in [-0.4, -0.2) is 30.0 Å². The molecule has 0 aromatic carbocycles. The molecule has 1 unspecified atom stereocenters. The van der Waals surface area contributed by atoms with Crippen LogP contribution in [0.3, 0.4) is 0 Å². The number of hydrogen-bond donors (Lipinski definition) is 2. The van der Waals surface area contributed by atoms with Crippen LogP contribution in [0, 0.1) is 11.8 Å². The lowest BCUT2D eigenvalue weighted by atomic mass is 9.74. The van der Waals surface area contributed by atoms with Crippen LogP contribution in [0.15, 0.2) is 0 Å². The summed E-state index contributed by atoms with van der Waals surface area (Å²) < 4.78 is 5.72. The highest BCUT2D eigenvalue weighted by Crippen LogP contribution is 2.34. The summed E-state index contributed by atoms with van der Waals surface area (Å²) in [5, 5.41) is 9.49. The third-order valence-corrected chi connectivity index (χ3v) is 3.86. The SMILES string of the molecule is CC(CO[C@@H]1CC[C@H]1N)[C@H]1CC[C@@H]1O. The van der Waals surface area contributed by atoms with Crippen LogP contribution >= 0.6 is 0 Å². The minimum atomic E-state index is -0.0799. The van der Waals surface area contributed by atoms with E-state index in [1.165, 1.54) is 0 Å². The molecule has 0 aromatic heterocycles.